The van der Waals surface area contributed by atoms with E-state index in [1.165, 1.54) is 7.11 Å². The molecule has 0 saturated carbocycles. The number of hydrogen-bond donors (Lipinski definition) is 1. The Morgan fingerprint density at radius 1 is 0.886 bits per heavy atom. The molecule has 0 unspecified atom stereocenters. The predicted octanol–water partition coefficient (Wildman–Crippen LogP) is 9.01. The molecule has 0 radical (unpaired) electrons. The molecule has 0 fully saturated rings. The SMILES string of the molecule is COC(=O)c1cccc(CC(C)(C)CC[C@H](O[Si](C)(C)C(C)(C)C)c2ccc(OCc3ccccc3)c3[nH]c(=O)ccc23)c1. The summed E-state index contributed by atoms with van der Waals surface area (Å²) in [5, 5.41) is 0.959. The van der Waals surface area contributed by atoms with Crippen LogP contribution in [0.15, 0.2) is 83.7 Å². The summed E-state index contributed by atoms with van der Waals surface area (Å²) in [6, 6.07) is 25.2. The van der Waals surface area contributed by atoms with Crippen molar-refractivity contribution in [2.45, 2.75) is 84.7 Å². The number of carbonyl (C=O) groups excluding carboxylic acids is 1. The number of ether oxygens (including phenoxy) is 2. The van der Waals surface area contributed by atoms with E-state index in [-0.39, 0.29) is 28.1 Å². The van der Waals surface area contributed by atoms with E-state index in [0.717, 1.165) is 41.3 Å². The third-order valence-corrected chi connectivity index (χ3v) is 13.3. The highest BCUT2D eigenvalue weighted by Crippen LogP contribution is 2.44. The second kappa shape index (κ2) is 13.5. The van der Waals surface area contributed by atoms with Gasteiger partial charge in [-0.25, -0.2) is 4.79 Å². The van der Waals surface area contributed by atoms with Crippen LogP contribution >= 0.6 is 0 Å². The van der Waals surface area contributed by atoms with Gasteiger partial charge in [0.1, 0.15) is 12.4 Å². The van der Waals surface area contributed by atoms with Gasteiger partial charge < -0.3 is 18.9 Å². The van der Waals surface area contributed by atoms with Crippen LogP contribution in [0.2, 0.25) is 18.1 Å². The van der Waals surface area contributed by atoms with E-state index in [9.17, 15) is 9.59 Å². The van der Waals surface area contributed by atoms with Crippen molar-refractivity contribution in [3.8, 4) is 5.75 Å². The highest BCUT2D eigenvalue weighted by molar-refractivity contribution is 6.74. The van der Waals surface area contributed by atoms with Crippen LogP contribution in [0.1, 0.15) is 80.6 Å². The van der Waals surface area contributed by atoms with Crippen LogP contribution in [-0.4, -0.2) is 26.4 Å². The average Bonchev–Trinajstić information content (AvgIpc) is 2.97. The van der Waals surface area contributed by atoms with Gasteiger partial charge in [0.2, 0.25) is 5.56 Å². The second-order valence-corrected chi connectivity index (χ2v) is 18.7. The minimum absolute atomic E-state index is 0.0257. The van der Waals surface area contributed by atoms with Gasteiger partial charge in [-0.05, 0) is 83.8 Å². The van der Waals surface area contributed by atoms with Crippen molar-refractivity contribution in [2.75, 3.05) is 7.11 Å². The molecule has 1 aromatic heterocycles. The fraction of sp³-hybridized carbons (Fsp3) is 0.405. The Balaban J connectivity index is 1.66. The van der Waals surface area contributed by atoms with Crippen molar-refractivity contribution in [2.24, 2.45) is 5.41 Å². The number of aromatic amines is 1. The summed E-state index contributed by atoms with van der Waals surface area (Å²) in [6.45, 7) is 16.3. The molecule has 0 amide bonds. The largest absolute Gasteiger partial charge is 0.487 e. The van der Waals surface area contributed by atoms with Crippen LogP contribution in [0.4, 0.5) is 0 Å². The topological polar surface area (TPSA) is 77.6 Å². The molecule has 1 heterocycles. The number of pyridine rings is 1. The smallest absolute Gasteiger partial charge is 0.337 e. The predicted molar refractivity (Wildman–Crippen MR) is 181 cm³/mol. The summed E-state index contributed by atoms with van der Waals surface area (Å²) in [5.41, 5.74) is 4.23. The molecule has 0 bridgehead atoms. The Morgan fingerprint density at radius 3 is 2.27 bits per heavy atom. The van der Waals surface area contributed by atoms with Gasteiger partial charge in [0, 0.05) is 11.5 Å². The Labute approximate surface area is 262 Å². The number of H-pyrrole nitrogens is 1. The van der Waals surface area contributed by atoms with Crippen molar-refractivity contribution in [1.29, 1.82) is 0 Å². The van der Waals surface area contributed by atoms with E-state index in [1.54, 1.807) is 12.1 Å². The van der Waals surface area contributed by atoms with Gasteiger partial charge in [0.05, 0.1) is 24.3 Å². The zero-order valence-electron chi connectivity index (χ0n) is 27.5. The highest BCUT2D eigenvalue weighted by Gasteiger charge is 2.40. The molecule has 4 aromatic rings. The Bertz CT molecular complexity index is 1640. The van der Waals surface area contributed by atoms with E-state index in [4.69, 9.17) is 13.9 Å². The Kier molecular flexibility index (Phi) is 10.2. The van der Waals surface area contributed by atoms with Crippen molar-refractivity contribution in [1.82, 2.24) is 4.98 Å². The van der Waals surface area contributed by atoms with Crippen LogP contribution in [0.3, 0.4) is 0 Å². The summed E-state index contributed by atoms with van der Waals surface area (Å²) in [7, 11) is -0.766. The number of benzene rings is 3. The maximum absolute atomic E-state index is 12.5. The highest BCUT2D eigenvalue weighted by atomic mass is 28.4. The molecule has 1 atom stereocenters. The van der Waals surface area contributed by atoms with Crippen LogP contribution in [0.25, 0.3) is 10.9 Å². The lowest BCUT2D eigenvalue weighted by atomic mass is 9.80. The lowest BCUT2D eigenvalue weighted by Gasteiger charge is -2.40. The molecule has 0 saturated heterocycles. The molecule has 0 aliphatic carbocycles. The Morgan fingerprint density at radius 2 is 1.59 bits per heavy atom. The number of aromatic nitrogens is 1. The monoisotopic (exact) mass is 613 g/mol. The van der Waals surface area contributed by atoms with Gasteiger partial charge in [-0.2, -0.15) is 0 Å². The summed E-state index contributed by atoms with van der Waals surface area (Å²) >= 11 is 0. The van der Waals surface area contributed by atoms with Gasteiger partial charge in [-0.1, -0.05) is 83.1 Å². The minimum atomic E-state index is -2.17. The van der Waals surface area contributed by atoms with Crippen molar-refractivity contribution in [3.63, 3.8) is 0 Å². The van der Waals surface area contributed by atoms with Gasteiger partial charge >= 0.3 is 5.97 Å². The Hall–Kier alpha value is -3.68. The molecule has 0 aliphatic heterocycles. The molecule has 1 N–H and O–H groups in total. The van der Waals surface area contributed by atoms with E-state index in [2.05, 4.69) is 64.8 Å². The molecular weight excluding hydrogens is 566 g/mol. The van der Waals surface area contributed by atoms with Crippen LogP contribution in [-0.2, 0) is 22.2 Å². The number of methoxy groups -OCH3 is 1. The lowest BCUT2D eigenvalue weighted by molar-refractivity contribution is 0.0600. The second-order valence-electron chi connectivity index (χ2n) is 14.0. The molecule has 0 aliphatic rings. The standard InChI is InChI=1S/C37H47NO5Si/c1-36(2,3)44(7,8)43-31(21-22-37(4,5)24-27-15-12-16-28(23-27)35(40)41-6)29-17-19-32(34-30(29)18-20-33(39)38-34)42-25-26-13-10-9-11-14-26/h9-20,23,31H,21-22,24-25H2,1-8H3,(H,38,39)/t31-/m0/s1. The number of carbonyl (C=O) groups is 1. The first kappa shape index (κ1) is 33.2. The van der Waals surface area contributed by atoms with E-state index in [0.29, 0.717) is 23.4 Å². The van der Waals surface area contributed by atoms with Gasteiger partial charge in [-0.15, -0.1) is 0 Å². The molecule has 6 nitrogen and oxygen atoms in total. The summed E-state index contributed by atoms with van der Waals surface area (Å²) in [4.78, 5) is 27.7. The molecule has 0 spiro atoms. The number of esters is 1. The fourth-order valence-electron chi connectivity index (χ4n) is 5.28. The maximum atomic E-state index is 12.5. The number of rotatable bonds is 12. The first-order valence-electron chi connectivity index (χ1n) is 15.4. The first-order chi connectivity index (χ1) is 20.7. The van der Waals surface area contributed by atoms with Gasteiger partial charge in [0.25, 0.3) is 0 Å². The van der Waals surface area contributed by atoms with E-state index in [1.807, 2.05) is 54.6 Å². The number of fused-ring (bicyclic) bond motifs is 1. The zero-order valence-corrected chi connectivity index (χ0v) is 28.5. The third kappa shape index (κ3) is 8.27. The molecule has 234 valence electrons. The molecule has 7 heteroatoms. The van der Waals surface area contributed by atoms with E-state index >= 15 is 0 Å². The molecule has 4 rings (SSSR count). The van der Waals surface area contributed by atoms with Crippen molar-refractivity contribution >= 4 is 25.2 Å². The van der Waals surface area contributed by atoms with Crippen LogP contribution in [0, 0.1) is 5.41 Å². The minimum Gasteiger partial charge on any atom is -0.487 e. The van der Waals surface area contributed by atoms with E-state index < -0.39 is 8.32 Å². The maximum Gasteiger partial charge on any atom is 0.337 e. The summed E-state index contributed by atoms with van der Waals surface area (Å²) < 4.78 is 18.3. The third-order valence-electron chi connectivity index (χ3n) is 8.83. The number of hydrogen-bond acceptors (Lipinski definition) is 5. The number of nitrogens with one attached hydrogen (secondary N) is 1. The lowest BCUT2D eigenvalue weighted by Crippen LogP contribution is -2.42. The summed E-state index contributed by atoms with van der Waals surface area (Å²) in [5.74, 6) is 0.316. The fourth-order valence-corrected chi connectivity index (χ4v) is 6.59. The molecular formula is C37H47NO5Si. The van der Waals surface area contributed by atoms with Crippen molar-refractivity contribution < 1.29 is 18.7 Å². The zero-order chi connectivity index (χ0) is 32.1. The molecule has 3 aromatic carbocycles. The quantitative estimate of drug-likeness (QED) is 0.127. The van der Waals surface area contributed by atoms with Crippen LogP contribution in [0.5, 0.6) is 5.75 Å². The van der Waals surface area contributed by atoms with Gasteiger partial charge in [0.15, 0.2) is 8.32 Å². The normalized spacial score (nSPS) is 13.1. The average molecular weight is 614 g/mol. The van der Waals surface area contributed by atoms with Crippen molar-refractivity contribution in [3.05, 3.63) is 111 Å². The summed E-state index contributed by atoms with van der Waals surface area (Å²) in [6.07, 6.45) is 2.33. The first-order valence-corrected chi connectivity index (χ1v) is 18.3. The molecule has 44 heavy (non-hydrogen) atoms. The van der Waals surface area contributed by atoms with Crippen LogP contribution < -0.4 is 10.3 Å². The van der Waals surface area contributed by atoms with Gasteiger partial charge in [-0.3, -0.25) is 4.79 Å².